The molecular weight excluding hydrogens is 346 g/mol. The van der Waals surface area contributed by atoms with E-state index in [1.54, 1.807) is 22.7 Å². The summed E-state index contributed by atoms with van der Waals surface area (Å²) in [5.41, 5.74) is 3.91. The van der Waals surface area contributed by atoms with E-state index in [0.717, 1.165) is 23.3 Å². The van der Waals surface area contributed by atoms with E-state index in [9.17, 15) is 0 Å². The average molecular weight is 368 g/mol. The lowest BCUT2D eigenvalue weighted by Gasteiger charge is -2.23. The Morgan fingerprint density at radius 3 is 2.48 bits per heavy atom. The van der Waals surface area contributed by atoms with Crippen LogP contribution in [0.2, 0.25) is 0 Å². The molecule has 2 heterocycles. The number of hydrogen-bond acceptors (Lipinski definition) is 4. The molecule has 0 unspecified atom stereocenters. The highest BCUT2D eigenvalue weighted by atomic mass is 32.1. The molecule has 1 aliphatic carbocycles. The third-order valence-corrected chi connectivity index (χ3v) is 6.53. The van der Waals surface area contributed by atoms with Gasteiger partial charge in [0.15, 0.2) is 0 Å². The molecule has 1 saturated carbocycles. The van der Waals surface area contributed by atoms with E-state index in [4.69, 9.17) is 5.10 Å². The molecule has 1 aromatic carbocycles. The zero-order valence-electron chi connectivity index (χ0n) is 14.3. The minimum atomic E-state index is 0.666. The Labute approximate surface area is 156 Å². The fraction of sp³-hybridized carbons (Fsp3) is 0.300. The predicted octanol–water partition coefficient (Wildman–Crippen LogP) is 5.37. The van der Waals surface area contributed by atoms with Gasteiger partial charge in [-0.15, -0.1) is 22.7 Å². The zero-order chi connectivity index (χ0) is 17.1. The summed E-state index contributed by atoms with van der Waals surface area (Å²) in [7, 11) is 1.84. The van der Waals surface area contributed by atoms with Gasteiger partial charge in [0.1, 0.15) is 0 Å². The van der Waals surface area contributed by atoms with Crippen molar-refractivity contribution in [2.75, 3.05) is 7.05 Å². The molecule has 128 valence electrons. The first-order valence-corrected chi connectivity index (χ1v) is 10.4. The van der Waals surface area contributed by atoms with Crippen molar-refractivity contribution in [3.05, 3.63) is 63.6 Å². The Hall–Kier alpha value is -1.98. The summed E-state index contributed by atoms with van der Waals surface area (Å²) in [5, 5.41) is 9.26. The second kappa shape index (κ2) is 7.50. The summed E-state index contributed by atoms with van der Waals surface area (Å²) < 4.78 is 2.04. The minimum absolute atomic E-state index is 0.666. The van der Waals surface area contributed by atoms with Crippen molar-refractivity contribution in [1.82, 2.24) is 4.68 Å². The monoisotopic (exact) mass is 367 g/mol. The molecule has 0 saturated heterocycles. The number of hydrogen-bond donors (Lipinski definition) is 0. The first kappa shape index (κ1) is 16.5. The van der Waals surface area contributed by atoms with Crippen LogP contribution in [0.5, 0.6) is 0 Å². The summed E-state index contributed by atoms with van der Waals surface area (Å²) in [5.74, 6) is 0.666. The smallest absolute Gasteiger partial charge is 0.205 e. The van der Waals surface area contributed by atoms with Gasteiger partial charge in [-0.1, -0.05) is 36.4 Å². The molecule has 1 aliphatic rings. The fourth-order valence-electron chi connectivity index (χ4n) is 3.39. The third-order valence-electron chi connectivity index (χ3n) is 4.73. The zero-order valence-corrected chi connectivity index (χ0v) is 15.9. The number of rotatable bonds is 3. The van der Waals surface area contributed by atoms with Crippen molar-refractivity contribution in [2.45, 2.75) is 31.6 Å². The summed E-state index contributed by atoms with van der Waals surface area (Å²) in [6, 6.07) is 15.1. The summed E-state index contributed by atoms with van der Waals surface area (Å²) >= 11 is 3.40. The predicted molar refractivity (Wildman–Crippen MR) is 108 cm³/mol. The Kier molecular flexibility index (Phi) is 4.95. The van der Waals surface area contributed by atoms with E-state index < -0.39 is 0 Å². The number of thiophene rings is 1. The highest BCUT2D eigenvalue weighted by molar-refractivity contribution is 7.14. The molecule has 5 heteroatoms. The SMILES string of the molecule is CN=c1scc(-c2cccs2)n1N=C1CCC(c2ccccc2)CC1. The minimum Gasteiger partial charge on any atom is -0.261 e. The molecule has 0 amide bonds. The van der Waals surface area contributed by atoms with Crippen LogP contribution in [0.1, 0.15) is 37.2 Å². The third kappa shape index (κ3) is 3.53. The van der Waals surface area contributed by atoms with Gasteiger partial charge in [-0.2, -0.15) is 5.10 Å². The summed E-state index contributed by atoms with van der Waals surface area (Å²) in [4.78, 5) is 6.61. The molecule has 1 fully saturated rings. The molecule has 4 rings (SSSR count). The number of nitrogens with zero attached hydrogens (tertiary/aromatic N) is 3. The first-order chi connectivity index (χ1) is 12.3. The average Bonchev–Trinajstić information content (AvgIpc) is 3.32. The quantitative estimate of drug-likeness (QED) is 0.596. The van der Waals surface area contributed by atoms with Crippen LogP contribution < -0.4 is 4.80 Å². The molecule has 0 bridgehead atoms. The van der Waals surface area contributed by atoms with Crippen LogP contribution in [0, 0.1) is 0 Å². The van der Waals surface area contributed by atoms with Crippen molar-refractivity contribution < 1.29 is 0 Å². The lowest BCUT2D eigenvalue weighted by atomic mass is 9.83. The molecule has 0 radical (unpaired) electrons. The van der Waals surface area contributed by atoms with E-state index in [2.05, 4.69) is 58.2 Å². The van der Waals surface area contributed by atoms with E-state index in [0.29, 0.717) is 5.92 Å². The Morgan fingerprint density at radius 1 is 1.00 bits per heavy atom. The lowest BCUT2D eigenvalue weighted by molar-refractivity contribution is 0.562. The van der Waals surface area contributed by atoms with Crippen LogP contribution >= 0.6 is 22.7 Å². The van der Waals surface area contributed by atoms with Gasteiger partial charge in [0.25, 0.3) is 0 Å². The maximum atomic E-state index is 4.99. The molecule has 25 heavy (non-hydrogen) atoms. The molecule has 3 nitrogen and oxygen atoms in total. The number of benzene rings is 1. The second-order valence-corrected chi connectivity index (χ2v) is 8.05. The topological polar surface area (TPSA) is 29.6 Å². The van der Waals surface area contributed by atoms with Crippen LogP contribution in [0.15, 0.2) is 63.3 Å². The largest absolute Gasteiger partial charge is 0.261 e. The van der Waals surface area contributed by atoms with Gasteiger partial charge in [0.2, 0.25) is 4.80 Å². The van der Waals surface area contributed by atoms with Crippen molar-refractivity contribution in [3.8, 4) is 10.6 Å². The van der Waals surface area contributed by atoms with E-state index >= 15 is 0 Å². The summed E-state index contributed by atoms with van der Waals surface area (Å²) in [6.45, 7) is 0. The highest BCUT2D eigenvalue weighted by Crippen LogP contribution is 2.32. The Bertz CT molecular complexity index is 908. The van der Waals surface area contributed by atoms with E-state index in [1.165, 1.54) is 29.0 Å². The van der Waals surface area contributed by atoms with Gasteiger partial charge < -0.3 is 0 Å². The molecule has 0 N–H and O–H groups in total. The standard InChI is InChI=1S/C20H21N3S2/c1-21-20-23(18(14-25-20)19-8-5-13-24-19)22-17-11-9-16(10-12-17)15-6-3-2-4-7-15/h2-8,13-14,16H,9-12H2,1H3. The highest BCUT2D eigenvalue weighted by Gasteiger charge is 2.20. The molecule has 0 spiro atoms. The molecular formula is C20H21N3S2. The van der Waals surface area contributed by atoms with Crippen molar-refractivity contribution in [3.63, 3.8) is 0 Å². The van der Waals surface area contributed by atoms with Crippen LogP contribution in [0.3, 0.4) is 0 Å². The van der Waals surface area contributed by atoms with Crippen LogP contribution in [0.25, 0.3) is 10.6 Å². The van der Waals surface area contributed by atoms with Crippen molar-refractivity contribution in [2.24, 2.45) is 10.1 Å². The van der Waals surface area contributed by atoms with E-state index in [1.807, 2.05) is 11.7 Å². The van der Waals surface area contributed by atoms with Gasteiger partial charge >= 0.3 is 0 Å². The van der Waals surface area contributed by atoms with Gasteiger partial charge in [-0.3, -0.25) is 4.99 Å². The molecule has 0 aliphatic heterocycles. The van der Waals surface area contributed by atoms with Crippen LogP contribution in [0.4, 0.5) is 0 Å². The maximum absolute atomic E-state index is 4.99. The van der Waals surface area contributed by atoms with Gasteiger partial charge in [-0.25, -0.2) is 4.68 Å². The van der Waals surface area contributed by atoms with Gasteiger partial charge in [0.05, 0.1) is 10.6 Å². The van der Waals surface area contributed by atoms with Crippen molar-refractivity contribution in [1.29, 1.82) is 0 Å². The normalized spacial score (nSPS) is 18.5. The number of aromatic nitrogens is 1. The lowest BCUT2D eigenvalue weighted by Crippen LogP contribution is -2.18. The second-order valence-electron chi connectivity index (χ2n) is 6.27. The maximum Gasteiger partial charge on any atom is 0.205 e. The Morgan fingerprint density at radius 2 is 1.80 bits per heavy atom. The van der Waals surface area contributed by atoms with Gasteiger partial charge in [0, 0.05) is 18.1 Å². The Balaban J connectivity index is 1.58. The fourth-order valence-corrected chi connectivity index (χ4v) is 4.98. The van der Waals surface area contributed by atoms with Crippen LogP contribution in [-0.2, 0) is 0 Å². The van der Waals surface area contributed by atoms with Crippen LogP contribution in [-0.4, -0.2) is 17.4 Å². The molecule has 0 atom stereocenters. The number of thiazole rings is 1. The molecule has 2 aromatic heterocycles. The van der Waals surface area contributed by atoms with Crippen molar-refractivity contribution >= 4 is 28.4 Å². The van der Waals surface area contributed by atoms with Gasteiger partial charge in [-0.05, 0) is 48.6 Å². The van der Waals surface area contributed by atoms with E-state index in [-0.39, 0.29) is 0 Å². The molecule has 3 aromatic rings. The summed E-state index contributed by atoms with van der Waals surface area (Å²) in [6.07, 6.45) is 4.49. The first-order valence-electron chi connectivity index (χ1n) is 8.64.